The summed E-state index contributed by atoms with van der Waals surface area (Å²) in [6.45, 7) is 4.36. The molecule has 0 saturated heterocycles. The number of thiazole rings is 1. The molecule has 0 radical (unpaired) electrons. The van der Waals surface area contributed by atoms with Gasteiger partial charge in [-0.2, -0.15) is 0 Å². The Hall–Kier alpha value is -1.26. The predicted molar refractivity (Wildman–Crippen MR) is 64.9 cm³/mol. The molecule has 0 amide bonds. The van der Waals surface area contributed by atoms with Crippen LogP contribution in [0.2, 0.25) is 0 Å². The van der Waals surface area contributed by atoms with E-state index in [0.717, 1.165) is 26.7 Å². The Bertz CT molecular complexity index is 520. The van der Waals surface area contributed by atoms with Crippen molar-refractivity contribution in [2.45, 2.75) is 20.4 Å². The van der Waals surface area contributed by atoms with Gasteiger partial charge in [0.15, 0.2) is 0 Å². The minimum Gasteiger partial charge on any atom is -0.326 e. The lowest BCUT2D eigenvalue weighted by Crippen LogP contribution is -1.94. The minimum absolute atomic E-state index is 0.234. The molecule has 0 atom stereocenters. The van der Waals surface area contributed by atoms with E-state index in [-0.39, 0.29) is 5.82 Å². The van der Waals surface area contributed by atoms with Crippen LogP contribution in [0.4, 0.5) is 4.39 Å². The molecule has 1 aromatic carbocycles. The van der Waals surface area contributed by atoms with Gasteiger partial charge < -0.3 is 5.73 Å². The first kappa shape index (κ1) is 11.2. The Morgan fingerprint density at radius 2 is 2.12 bits per heavy atom. The molecule has 0 bridgehead atoms. The van der Waals surface area contributed by atoms with Gasteiger partial charge in [-0.25, -0.2) is 9.37 Å². The summed E-state index contributed by atoms with van der Waals surface area (Å²) < 4.78 is 13.2. The van der Waals surface area contributed by atoms with Crippen molar-refractivity contribution in [1.82, 2.24) is 4.98 Å². The van der Waals surface area contributed by atoms with E-state index >= 15 is 0 Å². The largest absolute Gasteiger partial charge is 0.326 e. The number of nitrogens with zero attached hydrogens (tertiary/aromatic N) is 1. The van der Waals surface area contributed by atoms with E-state index in [2.05, 4.69) is 4.98 Å². The van der Waals surface area contributed by atoms with Crippen LogP contribution in [-0.2, 0) is 6.54 Å². The fourth-order valence-corrected chi connectivity index (χ4v) is 2.58. The Balaban J connectivity index is 2.53. The summed E-state index contributed by atoms with van der Waals surface area (Å²) >= 11 is 1.53. The Morgan fingerprint density at radius 3 is 2.75 bits per heavy atom. The highest BCUT2D eigenvalue weighted by Gasteiger charge is 2.10. The Kier molecular flexibility index (Phi) is 3.03. The zero-order valence-electron chi connectivity index (χ0n) is 9.25. The molecule has 1 aromatic heterocycles. The first-order valence-electron chi connectivity index (χ1n) is 5.04. The van der Waals surface area contributed by atoms with Crippen molar-refractivity contribution in [3.8, 4) is 10.6 Å². The summed E-state index contributed by atoms with van der Waals surface area (Å²) in [5, 5.41) is 0.843. The van der Waals surface area contributed by atoms with Gasteiger partial charge in [-0.3, -0.25) is 0 Å². The number of nitrogens with two attached hydrogens (primary N) is 1. The number of aryl methyl sites for hydroxylation is 2. The molecule has 0 aliphatic carbocycles. The lowest BCUT2D eigenvalue weighted by molar-refractivity contribution is 0.628. The third-order valence-corrected chi connectivity index (χ3v) is 3.72. The summed E-state index contributed by atoms with van der Waals surface area (Å²) in [7, 11) is 0. The molecule has 0 saturated carbocycles. The number of halogens is 1. The molecule has 2 nitrogen and oxygen atoms in total. The van der Waals surface area contributed by atoms with Crippen molar-refractivity contribution >= 4 is 11.3 Å². The lowest BCUT2D eigenvalue weighted by Gasteiger charge is -2.01. The van der Waals surface area contributed by atoms with Crippen LogP contribution >= 0.6 is 11.3 Å². The van der Waals surface area contributed by atoms with E-state index in [1.807, 2.05) is 13.8 Å². The van der Waals surface area contributed by atoms with Crippen LogP contribution in [0.25, 0.3) is 10.6 Å². The number of rotatable bonds is 2. The summed E-state index contributed by atoms with van der Waals surface area (Å²) in [5.41, 5.74) is 8.42. The highest BCUT2D eigenvalue weighted by molar-refractivity contribution is 7.15. The predicted octanol–water partition coefficient (Wildman–Crippen LogP) is 3.02. The van der Waals surface area contributed by atoms with Crippen molar-refractivity contribution in [3.63, 3.8) is 0 Å². The van der Waals surface area contributed by atoms with Gasteiger partial charge in [0.05, 0.1) is 5.69 Å². The maximum Gasteiger partial charge on any atom is 0.124 e. The van der Waals surface area contributed by atoms with E-state index in [9.17, 15) is 4.39 Å². The van der Waals surface area contributed by atoms with Gasteiger partial charge in [-0.1, -0.05) is 6.07 Å². The molecule has 4 heteroatoms. The SMILES string of the molecule is Cc1ccc(F)cc1-c1nc(C)c(CN)s1. The van der Waals surface area contributed by atoms with Crippen LogP contribution in [0.3, 0.4) is 0 Å². The van der Waals surface area contributed by atoms with Crippen molar-refractivity contribution < 1.29 is 4.39 Å². The summed E-state index contributed by atoms with van der Waals surface area (Å²) in [5.74, 6) is -0.234. The smallest absolute Gasteiger partial charge is 0.124 e. The van der Waals surface area contributed by atoms with Crippen LogP contribution in [0, 0.1) is 19.7 Å². The van der Waals surface area contributed by atoms with Crippen LogP contribution < -0.4 is 5.73 Å². The molecule has 84 valence electrons. The van der Waals surface area contributed by atoms with E-state index < -0.39 is 0 Å². The van der Waals surface area contributed by atoms with Gasteiger partial charge >= 0.3 is 0 Å². The van der Waals surface area contributed by atoms with Crippen LogP contribution in [0.15, 0.2) is 18.2 Å². The number of benzene rings is 1. The molecule has 0 aliphatic heterocycles. The Morgan fingerprint density at radius 1 is 1.38 bits per heavy atom. The van der Waals surface area contributed by atoms with Gasteiger partial charge in [0.2, 0.25) is 0 Å². The van der Waals surface area contributed by atoms with Gasteiger partial charge in [0, 0.05) is 17.0 Å². The molecule has 2 N–H and O–H groups in total. The molecule has 0 aliphatic rings. The molecule has 1 heterocycles. The molecule has 2 aromatic rings. The second-order valence-electron chi connectivity index (χ2n) is 3.69. The standard InChI is InChI=1S/C12H13FN2S/c1-7-3-4-9(13)5-10(7)12-15-8(2)11(6-14)16-12/h3-5H,6,14H2,1-2H3. The fourth-order valence-electron chi connectivity index (χ4n) is 1.56. The van der Waals surface area contributed by atoms with Crippen molar-refractivity contribution in [2.75, 3.05) is 0 Å². The van der Waals surface area contributed by atoms with Crippen LogP contribution in [-0.4, -0.2) is 4.98 Å². The molecular formula is C12H13FN2S. The number of hydrogen-bond donors (Lipinski definition) is 1. The van der Waals surface area contributed by atoms with E-state index in [0.29, 0.717) is 6.54 Å². The monoisotopic (exact) mass is 236 g/mol. The van der Waals surface area contributed by atoms with Gasteiger partial charge in [-0.15, -0.1) is 11.3 Å². The van der Waals surface area contributed by atoms with E-state index in [1.165, 1.54) is 23.5 Å². The fraction of sp³-hybridized carbons (Fsp3) is 0.250. The lowest BCUT2D eigenvalue weighted by atomic mass is 10.1. The normalized spacial score (nSPS) is 10.8. The maximum absolute atomic E-state index is 13.2. The zero-order chi connectivity index (χ0) is 11.7. The highest BCUT2D eigenvalue weighted by atomic mass is 32.1. The molecule has 2 rings (SSSR count). The second-order valence-corrected chi connectivity index (χ2v) is 4.77. The zero-order valence-corrected chi connectivity index (χ0v) is 10.1. The average molecular weight is 236 g/mol. The molecule has 0 fully saturated rings. The minimum atomic E-state index is -0.234. The maximum atomic E-state index is 13.2. The summed E-state index contributed by atoms with van der Waals surface area (Å²) in [4.78, 5) is 5.48. The van der Waals surface area contributed by atoms with E-state index in [4.69, 9.17) is 5.73 Å². The topological polar surface area (TPSA) is 38.9 Å². The third-order valence-electron chi connectivity index (χ3n) is 2.51. The van der Waals surface area contributed by atoms with Crippen molar-refractivity contribution in [2.24, 2.45) is 5.73 Å². The number of aromatic nitrogens is 1. The van der Waals surface area contributed by atoms with Crippen LogP contribution in [0.1, 0.15) is 16.1 Å². The van der Waals surface area contributed by atoms with Gasteiger partial charge in [0.1, 0.15) is 10.8 Å². The first-order chi connectivity index (χ1) is 7.61. The van der Waals surface area contributed by atoms with Gasteiger partial charge in [0.25, 0.3) is 0 Å². The first-order valence-corrected chi connectivity index (χ1v) is 5.86. The highest BCUT2D eigenvalue weighted by Crippen LogP contribution is 2.30. The summed E-state index contributed by atoms with van der Waals surface area (Å²) in [6.07, 6.45) is 0. The molecule has 0 unspecified atom stereocenters. The summed E-state index contributed by atoms with van der Waals surface area (Å²) in [6, 6.07) is 4.75. The molecule has 16 heavy (non-hydrogen) atoms. The second kappa shape index (κ2) is 4.31. The average Bonchev–Trinajstić information content (AvgIpc) is 2.63. The number of hydrogen-bond acceptors (Lipinski definition) is 3. The quantitative estimate of drug-likeness (QED) is 0.870. The molecular weight excluding hydrogens is 223 g/mol. The Labute approximate surface area is 97.9 Å². The van der Waals surface area contributed by atoms with Crippen LogP contribution in [0.5, 0.6) is 0 Å². The molecule has 0 spiro atoms. The van der Waals surface area contributed by atoms with Crippen molar-refractivity contribution in [1.29, 1.82) is 0 Å². The van der Waals surface area contributed by atoms with E-state index in [1.54, 1.807) is 6.07 Å². The van der Waals surface area contributed by atoms with Gasteiger partial charge in [-0.05, 0) is 31.5 Å². The third kappa shape index (κ3) is 1.99. The van der Waals surface area contributed by atoms with Crippen molar-refractivity contribution in [3.05, 3.63) is 40.2 Å².